The van der Waals surface area contributed by atoms with E-state index in [1.807, 2.05) is 54.6 Å². The van der Waals surface area contributed by atoms with Gasteiger partial charge in [-0.25, -0.2) is 4.79 Å². The Hall–Kier alpha value is -4.28. The number of alkyl carbamates (subject to hydrolysis) is 1. The van der Waals surface area contributed by atoms with Crippen molar-refractivity contribution in [2.24, 2.45) is 5.92 Å². The summed E-state index contributed by atoms with van der Waals surface area (Å²) in [4.78, 5) is 37.2. The molecule has 1 aliphatic carbocycles. The summed E-state index contributed by atoms with van der Waals surface area (Å²) < 4.78 is 5.45. The number of nitrogens with zero attached hydrogens (tertiary/aromatic N) is 1. The summed E-state index contributed by atoms with van der Waals surface area (Å²) in [6.45, 7) is 5.24. The van der Waals surface area contributed by atoms with E-state index in [4.69, 9.17) is 4.74 Å². The zero-order chi connectivity index (χ0) is 31.1. The van der Waals surface area contributed by atoms with Crippen molar-refractivity contribution in [3.05, 3.63) is 111 Å². The molecular weight excluding hydrogens is 550 g/mol. The molecule has 0 saturated carbocycles. The second kappa shape index (κ2) is 13.8. The molecule has 0 fully saturated rings. The summed E-state index contributed by atoms with van der Waals surface area (Å²) in [5.41, 5.74) is 2.53. The number of hydrogen-bond acceptors (Lipinski definition) is 7. The summed E-state index contributed by atoms with van der Waals surface area (Å²) in [5.74, 6) is -1.16. The number of carbonyl (C=O) groups is 2. The molecule has 10 nitrogen and oxygen atoms in total. The molecule has 5 atom stereocenters. The fourth-order valence-electron chi connectivity index (χ4n) is 5.41. The Kier molecular flexibility index (Phi) is 10.2. The average molecular weight is 590 g/mol. The SMILES string of the molecule is CC(C)(C)OC(=O)N[C@@H](Cc1ccccc1)[C@@H](O)C[C@@H](Cc1ccc([N+](=O)[O-])cc1)C(=O)N[C@@H]1c2ccccc2C[C@H]1O. The molecule has 0 aliphatic heterocycles. The first-order valence-corrected chi connectivity index (χ1v) is 14.4. The lowest BCUT2D eigenvalue weighted by Crippen LogP contribution is -2.48. The van der Waals surface area contributed by atoms with Gasteiger partial charge >= 0.3 is 6.09 Å². The lowest BCUT2D eigenvalue weighted by atomic mass is 9.88. The van der Waals surface area contributed by atoms with Crippen LogP contribution in [0.3, 0.4) is 0 Å². The fourth-order valence-corrected chi connectivity index (χ4v) is 5.41. The highest BCUT2D eigenvalue weighted by Crippen LogP contribution is 2.32. The molecule has 4 N–H and O–H groups in total. The van der Waals surface area contributed by atoms with Gasteiger partial charge in [-0.1, -0.05) is 66.7 Å². The van der Waals surface area contributed by atoms with Crippen LogP contribution in [0.5, 0.6) is 0 Å². The van der Waals surface area contributed by atoms with Crippen LogP contribution in [0.15, 0.2) is 78.9 Å². The van der Waals surface area contributed by atoms with E-state index in [0.29, 0.717) is 18.4 Å². The second-order valence-electron chi connectivity index (χ2n) is 12.0. The van der Waals surface area contributed by atoms with E-state index in [2.05, 4.69) is 10.6 Å². The zero-order valence-electron chi connectivity index (χ0n) is 24.6. The molecule has 0 radical (unpaired) electrons. The standard InChI is InChI=1S/C33H39N3O7/c1-33(2,3)43-32(40)34-27(18-21-9-5-4-6-10-21)28(37)20-24(17-22-13-15-25(16-14-22)36(41)42)31(39)35-30-26-12-8-7-11-23(26)19-29(30)38/h4-16,24,27-30,37-38H,17-20H2,1-3H3,(H,34,40)(H,35,39)/t24-,27+,28+,29-,30-/m1/s1. The maximum atomic E-state index is 13.8. The van der Waals surface area contributed by atoms with Crippen molar-refractivity contribution >= 4 is 17.7 Å². The third-order valence-corrected chi connectivity index (χ3v) is 7.49. The Morgan fingerprint density at radius 1 is 0.977 bits per heavy atom. The summed E-state index contributed by atoms with van der Waals surface area (Å²) in [7, 11) is 0. The van der Waals surface area contributed by atoms with Gasteiger partial charge in [-0.3, -0.25) is 14.9 Å². The second-order valence-corrected chi connectivity index (χ2v) is 12.0. The van der Waals surface area contributed by atoms with E-state index in [9.17, 15) is 29.9 Å². The Labute approximate surface area is 251 Å². The quantitative estimate of drug-likeness (QED) is 0.191. The van der Waals surface area contributed by atoms with Crippen LogP contribution in [-0.4, -0.2) is 51.0 Å². The van der Waals surface area contributed by atoms with Gasteiger partial charge in [0.2, 0.25) is 5.91 Å². The predicted molar refractivity (Wildman–Crippen MR) is 161 cm³/mol. The summed E-state index contributed by atoms with van der Waals surface area (Å²) >= 11 is 0. The number of nitro groups is 1. The van der Waals surface area contributed by atoms with Crippen LogP contribution in [0.1, 0.15) is 55.5 Å². The first-order chi connectivity index (χ1) is 20.4. The Balaban J connectivity index is 1.58. The minimum absolute atomic E-state index is 0.0272. The normalized spacial score (nSPS) is 18.2. The van der Waals surface area contributed by atoms with Gasteiger partial charge in [0.25, 0.3) is 5.69 Å². The molecule has 10 heteroatoms. The molecule has 3 aromatic carbocycles. The fraction of sp³-hybridized carbons (Fsp3) is 0.394. The third-order valence-electron chi connectivity index (χ3n) is 7.49. The predicted octanol–water partition coefficient (Wildman–Crippen LogP) is 4.42. The largest absolute Gasteiger partial charge is 0.444 e. The molecule has 0 bridgehead atoms. The van der Waals surface area contributed by atoms with Crippen LogP contribution in [0.25, 0.3) is 0 Å². The number of fused-ring (bicyclic) bond motifs is 1. The van der Waals surface area contributed by atoms with E-state index in [0.717, 1.165) is 16.7 Å². The minimum Gasteiger partial charge on any atom is -0.444 e. The monoisotopic (exact) mass is 589 g/mol. The summed E-state index contributed by atoms with van der Waals surface area (Å²) in [6, 6.07) is 21.4. The topological polar surface area (TPSA) is 151 Å². The van der Waals surface area contributed by atoms with Crippen molar-refractivity contribution in [2.75, 3.05) is 0 Å². The van der Waals surface area contributed by atoms with Crippen LogP contribution in [0.4, 0.5) is 10.5 Å². The number of benzene rings is 3. The number of rotatable bonds is 11. The molecule has 4 rings (SSSR count). The van der Waals surface area contributed by atoms with Gasteiger partial charge in [-0.15, -0.1) is 0 Å². The number of non-ortho nitro benzene ring substituents is 1. The lowest BCUT2D eigenvalue weighted by Gasteiger charge is -2.29. The molecule has 3 aromatic rings. The number of amides is 2. The Morgan fingerprint density at radius 2 is 1.60 bits per heavy atom. The number of aliphatic hydroxyl groups excluding tert-OH is 2. The van der Waals surface area contributed by atoms with Gasteiger partial charge in [-0.05, 0) is 62.3 Å². The smallest absolute Gasteiger partial charge is 0.407 e. The van der Waals surface area contributed by atoms with Crippen molar-refractivity contribution in [3.8, 4) is 0 Å². The van der Waals surface area contributed by atoms with Crippen LogP contribution in [-0.2, 0) is 28.8 Å². The maximum absolute atomic E-state index is 13.8. The number of nitrogens with one attached hydrogen (secondary N) is 2. The van der Waals surface area contributed by atoms with E-state index in [1.165, 1.54) is 12.1 Å². The van der Waals surface area contributed by atoms with Gasteiger partial charge in [-0.2, -0.15) is 0 Å². The zero-order valence-corrected chi connectivity index (χ0v) is 24.6. The lowest BCUT2D eigenvalue weighted by molar-refractivity contribution is -0.384. The number of nitro benzene ring substituents is 1. The first-order valence-electron chi connectivity index (χ1n) is 14.4. The molecular formula is C33H39N3O7. The highest BCUT2D eigenvalue weighted by Gasteiger charge is 2.35. The van der Waals surface area contributed by atoms with Crippen LogP contribution < -0.4 is 10.6 Å². The van der Waals surface area contributed by atoms with Gasteiger partial charge in [0, 0.05) is 24.5 Å². The van der Waals surface area contributed by atoms with Gasteiger partial charge in [0.15, 0.2) is 0 Å². The van der Waals surface area contributed by atoms with Crippen molar-refractivity contribution < 1.29 is 29.5 Å². The minimum atomic E-state index is -1.15. The van der Waals surface area contributed by atoms with Crippen LogP contribution >= 0.6 is 0 Å². The third kappa shape index (κ3) is 8.86. The Bertz CT molecular complexity index is 1410. The molecule has 228 valence electrons. The van der Waals surface area contributed by atoms with Crippen molar-refractivity contribution in [1.82, 2.24) is 10.6 Å². The van der Waals surface area contributed by atoms with Gasteiger partial charge < -0.3 is 25.6 Å². The molecule has 0 unspecified atom stereocenters. The van der Waals surface area contributed by atoms with Crippen LogP contribution in [0, 0.1) is 16.0 Å². The number of hydrogen-bond donors (Lipinski definition) is 4. The summed E-state index contributed by atoms with van der Waals surface area (Å²) in [6.07, 6.45) is -1.78. The van der Waals surface area contributed by atoms with Crippen molar-refractivity contribution in [2.45, 2.75) is 76.3 Å². The molecule has 0 saturated heterocycles. The molecule has 0 heterocycles. The first kappa shape index (κ1) is 31.7. The highest BCUT2D eigenvalue weighted by atomic mass is 16.6. The molecule has 2 amide bonds. The molecule has 1 aliphatic rings. The molecule has 0 aromatic heterocycles. The van der Waals surface area contributed by atoms with Crippen molar-refractivity contribution in [3.63, 3.8) is 0 Å². The molecule has 0 spiro atoms. The van der Waals surface area contributed by atoms with Crippen molar-refractivity contribution in [1.29, 1.82) is 0 Å². The van der Waals surface area contributed by atoms with Gasteiger partial charge in [0.05, 0.1) is 29.2 Å². The van der Waals surface area contributed by atoms with E-state index in [1.54, 1.807) is 32.9 Å². The number of aliphatic hydroxyl groups is 2. The number of carbonyl (C=O) groups excluding carboxylic acids is 2. The van der Waals surface area contributed by atoms with E-state index in [-0.39, 0.29) is 24.4 Å². The van der Waals surface area contributed by atoms with Gasteiger partial charge in [0.1, 0.15) is 5.60 Å². The van der Waals surface area contributed by atoms with E-state index < -0.39 is 46.8 Å². The molecule has 43 heavy (non-hydrogen) atoms. The highest BCUT2D eigenvalue weighted by molar-refractivity contribution is 5.80. The maximum Gasteiger partial charge on any atom is 0.407 e. The number of ether oxygens (including phenoxy) is 1. The average Bonchev–Trinajstić information content (AvgIpc) is 3.26. The summed E-state index contributed by atoms with van der Waals surface area (Å²) in [5, 5.41) is 39.2. The van der Waals surface area contributed by atoms with E-state index >= 15 is 0 Å². The Morgan fingerprint density at radius 3 is 2.26 bits per heavy atom. The van der Waals surface area contributed by atoms with Crippen LogP contribution in [0.2, 0.25) is 0 Å².